The lowest BCUT2D eigenvalue weighted by Crippen LogP contribution is -2.32. The van der Waals surface area contributed by atoms with E-state index in [1.165, 1.54) is 48.1 Å². The van der Waals surface area contributed by atoms with Gasteiger partial charge in [0.1, 0.15) is 18.2 Å². The van der Waals surface area contributed by atoms with Gasteiger partial charge in [-0.3, -0.25) is 0 Å². The molecule has 0 saturated carbocycles. The fraction of sp³-hybridized carbons (Fsp3) is 0.395. The highest BCUT2D eigenvalue weighted by molar-refractivity contribution is 6.14. The van der Waals surface area contributed by atoms with Crippen molar-refractivity contribution in [2.24, 2.45) is 18.8 Å². The van der Waals surface area contributed by atoms with Crippen LogP contribution in [0.2, 0.25) is 0 Å². The SMILES string of the molecule is [2H]C([2H])([2H])c1cc(-c2c(C)ccc3c2oc2c4c(ccc23)C(C([2H])([2H])C([2H])(C([2H])([2H])[2H])C([2H])([2H])[2H])(C([2H])([2H])C([2H])(C([2H])([2H])[2H])C([2H])([2H])[2H])c2ccccc2-4)[n+](C)cc1C([2H])(C)C([2H])([2H])[2H]. The van der Waals surface area contributed by atoms with Crippen molar-refractivity contribution in [2.45, 2.75) is 79.0 Å². The standard InChI is InChI=1S/C38H44NO/c1-22(2)19-38(20-23(3)4)31-13-11-10-12-29(31)35-32(38)17-16-28-27-15-14-25(7)34(36(27)40-37(28)35)33-18-26(8)30(24(5)6)21-39(33)9/h10-18,21-24H,19-20H2,1-9H3/q+1/i1D3,2D3,3D3,4D3,5D3,8D3,19D2,20D2,22D,23D,24D. The molecular formula is C38H44NO+. The zero-order chi connectivity index (χ0) is 49.9. The maximum Gasteiger partial charge on any atom is 0.216 e. The average molecular weight is 556 g/mol. The molecule has 206 valence electrons. The number of rotatable bonds is 6. The number of hydrogen-bond donors (Lipinski definition) is 0. The van der Waals surface area contributed by atoms with Crippen LogP contribution in [0.15, 0.2) is 65.2 Å². The summed E-state index contributed by atoms with van der Waals surface area (Å²) in [6.45, 7) is -19.9. The molecule has 0 spiro atoms. The smallest absolute Gasteiger partial charge is 0.216 e. The molecule has 2 nitrogen and oxygen atoms in total. The number of fused-ring (bicyclic) bond motifs is 7. The maximum atomic E-state index is 9.77. The van der Waals surface area contributed by atoms with Crippen LogP contribution in [-0.4, -0.2) is 0 Å². The van der Waals surface area contributed by atoms with Gasteiger partial charge in [-0.15, -0.1) is 0 Å². The van der Waals surface area contributed by atoms with Crippen molar-refractivity contribution in [2.75, 3.05) is 0 Å². The van der Waals surface area contributed by atoms with E-state index in [1.54, 1.807) is 19.1 Å². The van der Waals surface area contributed by atoms with E-state index in [4.69, 9.17) is 30.5 Å². The molecule has 40 heavy (non-hydrogen) atoms. The van der Waals surface area contributed by atoms with Gasteiger partial charge in [-0.05, 0) is 72.0 Å². The minimum atomic E-state index is -4.37. The van der Waals surface area contributed by atoms with Crippen LogP contribution in [0.1, 0.15) is 122 Å². The van der Waals surface area contributed by atoms with Gasteiger partial charge in [0, 0.05) is 67.6 Å². The Labute approximate surface area is 275 Å². The van der Waals surface area contributed by atoms with Crippen molar-refractivity contribution >= 4 is 21.9 Å². The fourth-order valence-electron chi connectivity index (χ4n) is 5.95. The molecule has 0 N–H and O–H groups in total. The first-order valence-corrected chi connectivity index (χ1v) is 12.6. The molecule has 1 atom stereocenters. The van der Waals surface area contributed by atoms with E-state index in [2.05, 4.69) is 0 Å². The zero-order valence-corrected chi connectivity index (χ0v) is 22.1. The summed E-state index contributed by atoms with van der Waals surface area (Å²) in [4.78, 5) is 0. The summed E-state index contributed by atoms with van der Waals surface area (Å²) >= 11 is 0. The molecule has 0 aliphatic heterocycles. The van der Waals surface area contributed by atoms with Crippen LogP contribution in [0.4, 0.5) is 0 Å². The van der Waals surface area contributed by atoms with Crippen LogP contribution in [0, 0.1) is 25.6 Å². The van der Waals surface area contributed by atoms with Gasteiger partial charge in [-0.25, -0.2) is 4.57 Å². The van der Waals surface area contributed by atoms with Crippen molar-refractivity contribution in [1.82, 2.24) is 0 Å². The molecule has 3 aromatic carbocycles. The summed E-state index contributed by atoms with van der Waals surface area (Å²) in [7, 11) is 1.48. The van der Waals surface area contributed by atoms with Gasteiger partial charge >= 0.3 is 0 Å². The summed E-state index contributed by atoms with van der Waals surface area (Å²) in [5, 5.41) is 0.479. The first-order valence-electron chi connectivity index (χ1n) is 25.1. The van der Waals surface area contributed by atoms with Crippen molar-refractivity contribution in [3.05, 3.63) is 88.6 Å². The Morgan fingerprint density at radius 1 is 0.875 bits per heavy atom. The third kappa shape index (κ3) is 3.94. The summed E-state index contributed by atoms with van der Waals surface area (Å²) in [5.74, 6) is -11.1. The number of nitrogens with zero attached hydrogens (tertiary/aromatic N) is 1. The van der Waals surface area contributed by atoms with Crippen LogP contribution < -0.4 is 4.57 Å². The maximum absolute atomic E-state index is 9.77. The Morgan fingerprint density at radius 3 is 2.27 bits per heavy atom. The van der Waals surface area contributed by atoms with Gasteiger partial charge in [0.05, 0.1) is 5.56 Å². The van der Waals surface area contributed by atoms with Gasteiger partial charge in [0.15, 0.2) is 6.20 Å². The highest BCUT2D eigenvalue weighted by Gasteiger charge is 2.45. The topological polar surface area (TPSA) is 17.0 Å². The molecule has 0 amide bonds. The summed E-state index contributed by atoms with van der Waals surface area (Å²) in [5.41, 5.74) is -5.80. The van der Waals surface area contributed by atoms with E-state index < -0.39 is 93.6 Å². The van der Waals surface area contributed by atoms with Crippen LogP contribution >= 0.6 is 0 Å². The highest BCUT2D eigenvalue weighted by atomic mass is 16.3. The number of furan rings is 1. The Balaban J connectivity index is 1.87. The molecule has 2 aromatic heterocycles. The third-order valence-electron chi connectivity index (χ3n) is 7.58. The molecule has 2 heteroatoms. The lowest BCUT2D eigenvalue weighted by Gasteiger charge is -2.35. The molecule has 1 aliphatic carbocycles. The number of benzene rings is 3. The van der Waals surface area contributed by atoms with Gasteiger partial charge in [-0.2, -0.15) is 0 Å². The summed E-state index contributed by atoms with van der Waals surface area (Å²) < 4.78 is 224. The van der Waals surface area contributed by atoms with E-state index >= 15 is 0 Å². The molecular weight excluding hydrogens is 486 g/mol. The van der Waals surface area contributed by atoms with Crippen LogP contribution in [0.5, 0.6) is 0 Å². The Hall–Kier alpha value is -3.39. The third-order valence-corrected chi connectivity index (χ3v) is 7.58. The van der Waals surface area contributed by atoms with Crippen LogP contribution in [0.25, 0.3) is 44.3 Å². The van der Waals surface area contributed by atoms with Gasteiger partial charge < -0.3 is 4.42 Å². The number of aryl methyl sites for hydroxylation is 3. The lowest BCUT2D eigenvalue weighted by atomic mass is 9.68. The monoisotopic (exact) mass is 555 g/mol. The van der Waals surface area contributed by atoms with E-state index in [1.807, 2.05) is 0 Å². The molecule has 6 rings (SSSR count). The second-order valence-electron chi connectivity index (χ2n) is 10.1. The fourth-order valence-corrected chi connectivity index (χ4v) is 5.95. The number of hydrogen-bond acceptors (Lipinski definition) is 1. The van der Waals surface area contributed by atoms with Gasteiger partial charge in [0.2, 0.25) is 5.69 Å². The predicted octanol–water partition coefficient (Wildman–Crippen LogP) is 10.2. The molecule has 5 aromatic rings. The Bertz CT molecular complexity index is 2640. The van der Waals surface area contributed by atoms with Gasteiger partial charge in [-0.1, -0.05) is 89.7 Å². The minimum Gasteiger partial charge on any atom is -0.454 e. The Kier molecular flexibility index (Phi) is 2.51. The summed E-state index contributed by atoms with van der Waals surface area (Å²) in [6, 6.07) is 11.6. The first kappa shape index (κ1) is 10.5. The van der Waals surface area contributed by atoms with Crippen molar-refractivity contribution in [3.63, 3.8) is 0 Å². The second kappa shape index (κ2) is 9.61. The normalized spacial score (nSPS) is 28.0. The Morgan fingerprint density at radius 2 is 1.57 bits per heavy atom. The summed E-state index contributed by atoms with van der Waals surface area (Å²) in [6.07, 6.45) is -7.52. The molecule has 0 radical (unpaired) electrons. The molecule has 0 saturated heterocycles. The largest absolute Gasteiger partial charge is 0.454 e. The molecule has 1 unspecified atom stereocenters. The average Bonchev–Trinajstić information content (AvgIpc) is 3.65. The predicted molar refractivity (Wildman–Crippen MR) is 169 cm³/mol. The second-order valence-corrected chi connectivity index (χ2v) is 10.1. The quantitative estimate of drug-likeness (QED) is 0.190. The zero-order valence-electron chi connectivity index (χ0n) is 47.1. The molecule has 1 aliphatic rings. The van der Waals surface area contributed by atoms with E-state index in [0.29, 0.717) is 5.56 Å². The van der Waals surface area contributed by atoms with Crippen molar-refractivity contribution < 1.29 is 43.3 Å². The van der Waals surface area contributed by atoms with Crippen molar-refractivity contribution in [1.29, 1.82) is 0 Å². The molecule has 2 heterocycles. The minimum absolute atomic E-state index is 0.0124. The van der Waals surface area contributed by atoms with Crippen LogP contribution in [0.3, 0.4) is 0 Å². The van der Waals surface area contributed by atoms with E-state index in [-0.39, 0.29) is 49.9 Å². The number of pyridine rings is 1. The van der Waals surface area contributed by atoms with E-state index in [0.717, 1.165) is 19.1 Å². The van der Waals surface area contributed by atoms with Crippen molar-refractivity contribution in [3.8, 4) is 22.4 Å². The highest BCUT2D eigenvalue weighted by Crippen LogP contribution is 2.57. The molecule has 0 bridgehead atoms. The number of aromatic nitrogens is 1. The van der Waals surface area contributed by atoms with E-state index in [9.17, 15) is 8.22 Å². The molecule has 0 fully saturated rings. The van der Waals surface area contributed by atoms with Crippen LogP contribution in [-0.2, 0) is 12.5 Å². The van der Waals surface area contributed by atoms with Gasteiger partial charge in [0.25, 0.3) is 0 Å². The lowest BCUT2D eigenvalue weighted by molar-refractivity contribution is -0.660. The first-order chi connectivity index (χ1) is 29.0.